The van der Waals surface area contributed by atoms with Gasteiger partial charge in [0.05, 0.1) is 24.0 Å². The maximum absolute atomic E-state index is 12.2. The fraction of sp³-hybridized carbons (Fsp3) is 0.385. The molecule has 8 heteroatoms. The number of carboxylic acid groups (broad SMARTS) is 1. The number of carboxylic acids is 1. The van der Waals surface area contributed by atoms with E-state index in [9.17, 15) is 18.0 Å². The molecule has 1 unspecified atom stereocenters. The molecular formula is C13H15NO5S2. The highest BCUT2D eigenvalue weighted by atomic mass is 32.2. The average Bonchev–Trinajstić information content (AvgIpc) is 2.87. The van der Waals surface area contributed by atoms with Crippen molar-refractivity contribution in [1.82, 2.24) is 4.90 Å². The predicted octanol–water partition coefficient (Wildman–Crippen LogP) is 0.862. The van der Waals surface area contributed by atoms with Crippen molar-refractivity contribution in [3.8, 4) is 0 Å². The fourth-order valence-electron chi connectivity index (χ4n) is 2.18. The van der Waals surface area contributed by atoms with Crippen LogP contribution in [0.15, 0.2) is 23.6 Å². The molecule has 1 atom stereocenters. The lowest BCUT2D eigenvalue weighted by atomic mass is 10.2. The van der Waals surface area contributed by atoms with Gasteiger partial charge in [0.15, 0.2) is 9.84 Å². The van der Waals surface area contributed by atoms with Gasteiger partial charge >= 0.3 is 5.97 Å². The molecule has 1 aliphatic heterocycles. The van der Waals surface area contributed by atoms with Gasteiger partial charge in [-0.25, -0.2) is 8.42 Å². The van der Waals surface area contributed by atoms with Gasteiger partial charge in [-0.05, 0) is 17.5 Å². The molecule has 1 saturated heterocycles. The van der Waals surface area contributed by atoms with Crippen LogP contribution in [0.2, 0.25) is 0 Å². The second-order valence-corrected chi connectivity index (χ2v) is 7.95. The molecule has 6 nitrogen and oxygen atoms in total. The number of nitrogens with zero attached hydrogens (tertiary/aromatic N) is 1. The lowest BCUT2D eigenvalue weighted by molar-refractivity contribution is -0.139. The molecule has 21 heavy (non-hydrogen) atoms. The summed E-state index contributed by atoms with van der Waals surface area (Å²) >= 11 is 1.48. The standard InChI is InChI=1S/C13H15NO5S2/c15-12(4-3-11-2-1-6-20-11)14-5-7-21(18,19)9-10(14)8-13(16)17/h1-4,6,10H,5,7-9H2,(H,16,17)/b4-3+. The van der Waals surface area contributed by atoms with E-state index in [-0.39, 0.29) is 30.4 Å². The third-order valence-electron chi connectivity index (χ3n) is 3.16. The van der Waals surface area contributed by atoms with Gasteiger partial charge in [0.2, 0.25) is 5.91 Å². The van der Waals surface area contributed by atoms with E-state index in [1.807, 2.05) is 17.5 Å². The lowest BCUT2D eigenvalue weighted by Crippen LogP contribution is -2.51. The van der Waals surface area contributed by atoms with Crippen LogP contribution in [0.3, 0.4) is 0 Å². The fourth-order valence-corrected chi connectivity index (χ4v) is 4.33. The van der Waals surface area contributed by atoms with Gasteiger partial charge in [-0.1, -0.05) is 6.07 Å². The normalized spacial score (nSPS) is 21.5. The monoisotopic (exact) mass is 329 g/mol. The molecule has 1 aromatic heterocycles. The number of amides is 1. The number of carbonyl (C=O) groups excluding carboxylic acids is 1. The first-order valence-corrected chi connectivity index (χ1v) is 9.02. The lowest BCUT2D eigenvalue weighted by Gasteiger charge is -2.33. The van der Waals surface area contributed by atoms with Crippen LogP contribution < -0.4 is 0 Å². The zero-order valence-electron chi connectivity index (χ0n) is 11.1. The summed E-state index contributed by atoms with van der Waals surface area (Å²) in [5.41, 5.74) is 0. The minimum Gasteiger partial charge on any atom is -0.481 e. The SMILES string of the molecule is O=C(O)CC1CS(=O)(=O)CCN1C(=O)/C=C/c1cccs1. The Morgan fingerprint density at radius 3 is 2.86 bits per heavy atom. The third kappa shape index (κ3) is 4.40. The van der Waals surface area contributed by atoms with Crippen LogP contribution in [0.5, 0.6) is 0 Å². The number of hydrogen-bond acceptors (Lipinski definition) is 5. The first-order chi connectivity index (χ1) is 9.87. The van der Waals surface area contributed by atoms with Gasteiger partial charge in [-0.15, -0.1) is 11.3 Å². The summed E-state index contributed by atoms with van der Waals surface area (Å²) < 4.78 is 23.2. The van der Waals surface area contributed by atoms with E-state index in [0.717, 1.165) is 4.88 Å². The summed E-state index contributed by atoms with van der Waals surface area (Å²) in [4.78, 5) is 25.2. The van der Waals surface area contributed by atoms with Crippen LogP contribution in [0.25, 0.3) is 6.08 Å². The second-order valence-electron chi connectivity index (χ2n) is 4.75. The Kier molecular flexibility index (Phi) is 4.79. The number of hydrogen-bond donors (Lipinski definition) is 1. The molecule has 1 aliphatic rings. The van der Waals surface area contributed by atoms with Crippen molar-refractivity contribution in [2.45, 2.75) is 12.5 Å². The molecule has 0 bridgehead atoms. The van der Waals surface area contributed by atoms with Gasteiger partial charge in [0, 0.05) is 17.5 Å². The molecule has 2 heterocycles. The molecule has 0 spiro atoms. The van der Waals surface area contributed by atoms with Crippen molar-refractivity contribution < 1.29 is 23.1 Å². The van der Waals surface area contributed by atoms with Crippen molar-refractivity contribution in [1.29, 1.82) is 0 Å². The molecule has 0 saturated carbocycles. The van der Waals surface area contributed by atoms with E-state index in [1.165, 1.54) is 22.3 Å². The Hall–Kier alpha value is -1.67. The highest BCUT2D eigenvalue weighted by Gasteiger charge is 2.34. The van der Waals surface area contributed by atoms with Crippen molar-refractivity contribution in [2.75, 3.05) is 18.1 Å². The van der Waals surface area contributed by atoms with E-state index >= 15 is 0 Å². The Balaban J connectivity index is 2.11. The van der Waals surface area contributed by atoms with Crippen LogP contribution in [0.4, 0.5) is 0 Å². The topological polar surface area (TPSA) is 91.8 Å². The smallest absolute Gasteiger partial charge is 0.305 e. The number of thiophene rings is 1. The predicted molar refractivity (Wildman–Crippen MR) is 79.8 cm³/mol. The summed E-state index contributed by atoms with van der Waals surface area (Å²) in [6, 6.07) is 2.90. The van der Waals surface area contributed by atoms with E-state index in [2.05, 4.69) is 0 Å². The molecule has 1 N–H and O–H groups in total. The van der Waals surface area contributed by atoms with Crippen molar-refractivity contribution in [2.24, 2.45) is 0 Å². The van der Waals surface area contributed by atoms with Gasteiger partial charge in [-0.2, -0.15) is 0 Å². The largest absolute Gasteiger partial charge is 0.481 e. The highest BCUT2D eigenvalue weighted by molar-refractivity contribution is 7.91. The van der Waals surface area contributed by atoms with Crippen LogP contribution in [-0.4, -0.2) is 54.4 Å². The first-order valence-electron chi connectivity index (χ1n) is 6.32. The number of carbonyl (C=O) groups is 2. The number of aliphatic carboxylic acids is 1. The van der Waals surface area contributed by atoms with E-state index in [4.69, 9.17) is 5.11 Å². The minimum atomic E-state index is -3.28. The Labute approximate surface area is 126 Å². The molecule has 1 aromatic rings. The Bertz CT molecular complexity index is 648. The van der Waals surface area contributed by atoms with Crippen molar-refractivity contribution >= 4 is 39.1 Å². The number of sulfone groups is 1. The second kappa shape index (κ2) is 6.40. The molecular weight excluding hydrogens is 314 g/mol. The quantitative estimate of drug-likeness (QED) is 0.827. The van der Waals surface area contributed by atoms with Gasteiger partial charge in [0.1, 0.15) is 0 Å². The summed E-state index contributed by atoms with van der Waals surface area (Å²) in [5.74, 6) is -1.89. The van der Waals surface area contributed by atoms with E-state index in [1.54, 1.807) is 6.08 Å². The zero-order chi connectivity index (χ0) is 15.5. The maximum Gasteiger partial charge on any atom is 0.305 e. The van der Waals surface area contributed by atoms with Crippen LogP contribution >= 0.6 is 11.3 Å². The van der Waals surface area contributed by atoms with E-state index < -0.39 is 21.8 Å². The molecule has 0 aliphatic carbocycles. The van der Waals surface area contributed by atoms with Gasteiger partial charge in [0.25, 0.3) is 0 Å². The average molecular weight is 329 g/mol. The molecule has 1 fully saturated rings. The molecule has 114 valence electrons. The Morgan fingerprint density at radius 1 is 1.48 bits per heavy atom. The molecule has 1 amide bonds. The number of rotatable bonds is 4. The summed E-state index contributed by atoms with van der Waals surface area (Å²) in [6.07, 6.45) is 2.64. The van der Waals surface area contributed by atoms with Gasteiger partial charge < -0.3 is 10.0 Å². The van der Waals surface area contributed by atoms with Gasteiger partial charge in [-0.3, -0.25) is 9.59 Å². The van der Waals surface area contributed by atoms with Crippen LogP contribution in [-0.2, 0) is 19.4 Å². The summed E-state index contributed by atoms with van der Waals surface area (Å²) in [7, 11) is -3.28. The van der Waals surface area contributed by atoms with Crippen LogP contribution in [0, 0.1) is 0 Å². The zero-order valence-corrected chi connectivity index (χ0v) is 12.8. The molecule has 0 aromatic carbocycles. The Morgan fingerprint density at radius 2 is 2.24 bits per heavy atom. The van der Waals surface area contributed by atoms with Crippen molar-refractivity contribution in [3.05, 3.63) is 28.5 Å². The first kappa shape index (κ1) is 15.7. The minimum absolute atomic E-state index is 0.0356. The summed E-state index contributed by atoms with van der Waals surface area (Å²) in [5, 5.41) is 10.7. The highest BCUT2D eigenvalue weighted by Crippen LogP contribution is 2.17. The van der Waals surface area contributed by atoms with Crippen LogP contribution in [0.1, 0.15) is 11.3 Å². The third-order valence-corrected chi connectivity index (χ3v) is 5.69. The molecule has 0 radical (unpaired) electrons. The van der Waals surface area contributed by atoms with Crippen molar-refractivity contribution in [3.63, 3.8) is 0 Å². The maximum atomic E-state index is 12.2. The summed E-state index contributed by atoms with van der Waals surface area (Å²) in [6.45, 7) is 0.0356. The molecule has 2 rings (SSSR count). The van der Waals surface area contributed by atoms with E-state index in [0.29, 0.717) is 0 Å².